The quantitative estimate of drug-likeness (QED) is 0.848. The number of nitrogens with one attached hydrogen (secondary N) is 1. The highest BCUT2D eigenvalue weighted by Crippen LogP contribution is 2.30. The van der Waals surface area contributed by atoms with Gasteiger partial charge in [0.25, 0.3) is 0 Å². The topological polar surface area (TPSA) is 46.2 Å². The van der Waals surface area contributed by atoms with E-state index in [1.54, 1.807) is 6.92 Å². The van der Waals surface area contributed by atoms with Crippen molar-refractivity contribution >= 4 is 22.3 Å². The minimum absolute atomic E-state index is 0.258. The highest BCUT2D eigenvalue weighted by atomic mass is 32.2. The van der Waals surface area contributed by atoms with Gasteiger partial charge in [0.15, 0.2) is 0 Å². The lowest BCUT2D eigenvalue weighted by Gasteiger charge is -2.09. The molecular weight excluding hydrogens is 303 g/mol. The van der Waals surface area contributed by atoms with E-state index in [-0.39, 0.29) is 6.54 Å². The van der Waals surface area contributed by atoms with Crippen LogP contribution in [0.15, 0.2) is 30.3 Å². The summed E-state index contributed by atoms with van der Waals surface area (Å²) in [7, 11) is -1.00. The van der Waals surface area contributed by atoms with Crippen molar-refractivity contribution in [3.63, 3.8) is 0 Å². The number of alkyl halides is 3. The molecule has 1 N–H and O–H groups in total. The number of hydrogen-bond acceptors (Lipinski definition) is 2. The molecule has 1 aromatic carbocycles. The molecule has 0 bridgehead atoms. The van der Waals surface area contributed by atoms with E-state index in [1.165, 1.54) is 24.5 Å². The molecule has 7 heteroatoms. The molecule has 1 unspecified atom stereocenters. The van der Waals surface area contributed by atoms with E-state index < -0.39 is 28.4 Å². The monoisotopic (exact) mass is 319 g/mol. The maximum absolute atomic E-state index is 12.6. The summed E-state index contributed by atoms with van der Waals surface area (Å²) in [5, 5.41) is 2.53. The first-order valence-electron chi connectivity index (χ1n) is 6.14. The first-order chi connectivity index (χ1) is 9.70. The molecule has 0 saturated heterocycles. The zero-order valence-electron chi connectivity index (χ0n) is 11.7. The number of carbonyl (C=O) groups excluding carboxylic acids is 1. The fraction of sp³-hybridized carbons (Fsp3) is 0.357. The molecule has 1 atom stereocenters. The van der Waals surface area contributed by atoms with Gasteiger partial charge in [-0.1, -0.05) is 12.1 Å². The summed E-state index contributed by atoms with van der Waals surface area (Å²) in [6, 6.07) is 4.79. The van der Waals surface area contributed by atoms with Crippen LogP contribution in [0, 0.1) is 0 Å². The lowest BCUT2D eigenvalue weighted by atomic mass is 10.0. The fourth-order valence-corrected chi connectivity index (χ4v) is 1.98. The standard InChI is InChI=1S/C14H16F3NO2S/c1-10(8-13(19)18-6-7-21(2)20)11-4-3-5-12(9-11)14(15,16)17/h3-5,8-9H,6-7H2,1-2H3,(H,18,19)/b10-8-. The van der Waals surface area contributed by atoms with Crippen molar-refractivity contribution in [1.29, 1.82) is 0 Å². The molecule has 3 nitrogen and oxygen atoms in total. The van der Waals surface area contributed by atoms with Gasteiger partial charge in [-0.05, 0) is 30.2 Å². The second-order valence-electron chi connectivity index (χ2n) is 4.47. The fourth-order valence-electron chi connectivity index (χ4n) is 1.59. The number of rotatable bonds is 5. The molecule has 0 aliphatic heterocycles. The van der Waals surface area contributed by atoms with Gasteiger partial charge in [0.2, 0.25) is 5.91 Å². The Morgan fingerprint density at radius 2 is 2.05 bits per heavy atom. The van der Waals surface area contributed by atoms with Gasteiger partial charge in [-0.3, -0.25) is 9.00 Å². The van der Waals surface area contributed by atoms with Crippen LogP contribution in [0.3, 0.4) is 0 Å². The van der Waals surface area contributed by atoms with Gasteiger partial charge in [0.1, 0.15) is 0 Å². The maximum Gasteiger partial charge on any atom is 0.416 e. The van der Waals surface area contributed by atoms with Gasteiger partial charge in [0, 0.05) is 35.4 Å². The Hall–Kier alpha value is -1.63. The van der Waals surface area contributed by atoms with Crippen molar-refractivity contribution in [2.75, 3.05) is 18.6 Å². The molecule has 0 saturated carbocycles. The first kappa shape index (κ1) is 17.4. The molecule has 1 rings (SSSR count). The van der Waals surface area contributed by atoms with Crippen LogP contribution in [0.1, 0.15) is 18.1 Å². The smallest absolute Gasteiger partial charge is 0.352 e. The molecule has 0 spiro atoms. The van der Waals surface area contributed by atoms with Crippen molar-refractivity contribution in [3.8, 4) is 0 Å². The van der Waals surface area contributed by atoms with E-state index in [2.05, 4.69) is 5.32 Å². The molecule has 0 heterocycles. The average Bonchev–Trinajstić information content (AvgIpc) is 2.37. The van der Waals surface area contributed by atoms with E-state index in [4.69, 9.17) is 0 Å². The van der Waals surface area contributed by atoms with E-state index >= 15 is 0 Å². The minimum atomic E-state index is -4.41. The Bertz CT molecular complexity index is 568. The average molecular weight is 319 g/mol. The van der Waals surface area contributed by atoms with Crippen LogP contribution in [0.4, 0.5) is 13.2 Å². The van der Waals surface area contributed by atoms with Crippen LogP contribution in [-0.4, -0.2) is 28.7 Å². The number of carbonyl (C=O) groups is 1. The Kier molecular flexibility index (Phi) is 6.14. The predicted molar refractivity (Wildman–Crippen MR) is 77.0 cm³/mol. The van der Waals surface area contributed by atoms with Gasteiger partial charge in [0.05, 0.1) is 5.56 Å². The highest BCUT2D eigenvalue weighted by Gasteiger charge is 2.30. The van der Waals surface area contributed by atoms with Crippen molar-refractivity contribution < 1.29 is 22.2 Å². The van der Waals surface area contributed by atoms with E-state index in [0.717, 1.165) is 12.1 Å². The van der Waals surface area contributed by atoms with Crippen LogP contribution in [0.25, 0.3) is 5.57 Å². The highest BCUT2D eigenvalue weighted by molar-refractivity contribution is 7.84. The lowest BCUT2D eigenvalue weighted by molar-refractivity contribution is -0.137. The molecule has 0 radical (unpaired) electrons. The second-order valence-corrected chi connectivity index (χ2v) is 6.03. The summed E-state index contributed by atoms with van der Waals surface area (Å²) in [6.07, 6.45) is -1.66. The number of hydrogen-bond donors (Lipinski definition) is 1. The van der Waals surface area contributed by atoms with Gasteiger partial charge in [-0.15, -0.1) is 0 Å². The maximum atomic E-state index is 12.6. The normalized spacial score (nSPS) is 13.9. The number of allylic oxidation sites excluding steroid dienone is 1. The SMILES string of the molecule is C/C(=C/C(=O)NCCS(C)=O)c1cccc(C(F)(F)F)c1. The van der Waals surface area contributed by atoms with Gasteiger partial charge >= 0.3 is 6.18 Å². The summed E-state index contributed by atoms with van der Waals surface area (Å²) in [5.74, 6) is -0.0855. The number of benzene rings is 1. The van der Waals surface area contributed by atoms with Gasteiger partial charge in [-0.2, -0.15) is 13.2 Å². The van der Waals surface area contributed by atoms with Crippen molar-refractivity contribution in [3.05, 3.63) is 41.5 Å². The number of amides is 1. The minimum Gasteiger partial charge on any atom is -0.352 e. The van der Waals surface area contributed by atoms with E-state index in [1.807, 2.05) is 0 Å². The summed E-state index contributed by atoms with van der Waals surface area (Å²) >= 11 is 0. The molecule has 0 aliphatic carbocycles. The molecule has 1 aromatic rings. The van der Waals surface area contributed by atoms with Gasteiger partial charge < -0.3 is 5.32 Å². The molecule has 0 aromatic heterocycles. The lowest BCUT2D eigenvalue weighted by Crippen LogP contribution is -2.25. The Morgan fingerprint density at radius 3 is 2.62 bits per heavy atom. The van der Waals surface area contributed by atoms with Crippen LogP contribution in [0.5, 0.6) is 0 Å². The van der Waals surface area contributed by atoms with Crippen LogP contribution in [0.2, 0.25) is 0 Å². The number of halogens is 3. The Labute approximate surface area is 123 Å². The Balaban J connectivity index is 2.78. The van der Waals surface area contributed by atoms with Crippen molar-refractivity contribution in [1.82, 2.24) is 5.32 Å². The molecule has 0 aliphatic rings. The summed E-state index contributed by atoms with van der Waals surface area (Å²) in [4.78, 5) is 11.6. The summed E-state index contributed by atoms with van der Waals surface area (Å²) < 4.78 is 48.7. The van der Waals surface area contributed by atoms with Crippen LogP contribution < -0.4 is 5.32 Å². The second kappa shape index (κ2) is 7.40. The molecule has 21 heavy (non-hydrogen) atoms. The van der Waals surface area contributed by atoms with Crippen molar-refractivity contribution in [2.24, 2.45) is 0 Å². The summed E-state index contributed by atoms with van der Waals surface area (Å²) in [6.45, 7) is 1.82. The van der Waals surface area contributed by atoms with Crippen molar-refractivity contribution in [2.45, 2.75) is 13.1 Å². The molecule has 1 amide bonds. The molecular formula is C14H16F3NO2S. The van der Waals surface area contributed by atoms with Crippen LogP contribution in [-0.2, 0) is 21.8 Å². The third-order valence-corrected chi connectivity index (χ3v) is 3.46. The zero-order chi connectivity index (χ0) is 16.0. The molecule has 116 valence electrons. The Morgan fingerprint density at radius 1 is 1.38 bits per heavy atom. The third kappa shape index (κ3) is 6.12. The molecule has 0 fully saturated rings. The van der Waals surface area contributed by atoms with Gasteiger partial charge in [-0.25, -0.2) is 0 Å². The zero-order valence-corrected chi connectivity index (χ0v) is 12.5. The summed E-state index contributed by atoms with van der Waals surface area (Å²) in [5.41, 5.74) is 0.00445. The van der Waals surface area contributed by atoms with E-state index in [9.17, 15) is 22.2 Å². The van der Waals surface area contributed by atoms with Crippen LogP contribution >= 0.6 is 0 Å². The van der Waals surface area contributed by atoms with E-state index in [0.29, 0.717) is 16.9 Å². The first-order valence-corrected chi connectivity index (χ1v) is 7.86. The largest absolute Gasteiger partial charge is 0.416 e. The predicted octanol–water partition coefficient (Wildman–Crippen LogP) is 2.60. The third-order valence-electron chi connectivity index (χ3n) is 2.68.